The van der Waals surface area contributed by atoms with Gasteiger partial charge in [-0.05, 0) is 36.6 Å². The second-order valence-electron chi connectivity index (χ2n) is 5.16. The van der Waals surface area contributed by atoms with Crippen molar-refractivity contribution in [3.05, 3.63) is 68.0 Å². The Morgan fingerprint density at radius 1 is 1.10 bits per heavy atom. The van der Waals surface area contributed by atoms with E-state index in [4.69, 9.17) is 0 Å². The Labute approximate surface area is 139 Å². The molecule has 21 heavy (non-hydrogen) atoms. The highest BCUT2D eigenvalue weighted by Crippen LogP contribution is 2.34. The average molecular weight is 410 g/mol. The summed E-state index contributed by atoms with van der Waals surface area (Å²) in [5.41, 5.74) is 5.11. The number of aromatic nitrogens is 2. The molecule has 0 aliphatic carbocycles. The van der Waals surface area contributed by atoms with Gasteiger partial charge >= 0.3 is 5.69 Å². The molecule has 3 rings (SSSR count). The van der Waals surface area contributed by atoms with E-state index >= 15 is 0 Å². The maximum atomic E-state index is 11.4. The molecule has 3 nitrogen and oxygen atoms in total. The summed E-state index contributed by atoms with van der Waals surface area (Å²) in [5, 5.41) is 0. The minimum atomic E-state index is -0.182. The Morgan fingerprint density at radius 2 is 1.71 bits per heavy atom. The molecule has 0 bridgehead atoms. The van der Waals surface area contributed by atoms with Crippen molar-refractivity contribution in [1.82, 2.24) is 9.97 Å². The minimum absolute atomic E-state index is 0.178. The summed E-state index contributed by atoms with van der Waals surface area (Å²) in [6.07, 6.45) is 0.888. The van der Waals surface area contributed by atoms with Crippen LogP contribution < -0.4 is 5.69 Å². The molecule has 0 spiro atoms. The first-order chi connectivity index (χ1) is 10.0. The molecule has 0 aliphatic heterocycles. The van der Waals surface area contributed by atoms with Gasteiger partial charge < -0.3 is 9.97 Å². The number of fused-ring (bicyclic) bond motifs is 1. The number of aryl methyl sites for hydroxylation is 1. The largest absolute Gasteiger partial charge is 0.323 e. The maximum absolute atomic E-state index is 11.4. The highest BCUT2D eigenvalue weighted by atomic mass is 79.9. The molecule has 2 N–H and O–H groups in total. The van der Waals surface area contributed by atoms with E-state index in [1.54, 1.807) is 0 Å². The Bertz CT molecular complexity index is 834. The first kappa shape index (κ1) is 14.6. The van der Waals surface area contributed by atoms with Crippen LogP contribution in [0.1, 0.15) is 21.5 Å². The van der Waals surface area contributed by atoms with Crippen LogP contribution in [-0.4, -0.2) is 9.97 Å². The van der Waals surface area contributed by atoms with Crippen molar-refractivity contribution in [3.8, 4) is 0 Å². The van der Waals surface area contributed by atoms with Crippen LogP contribution >= 0.6 is 31.9 Å². The van der Waals surface area contributed by atoms with Crippen molar-refractivity contribution >= 4 is 42.9 Å². The lowest BCUT2D eigenvalue weighted by molar-refractivity contribution is 0.944. The summed E-state index contributed by atoms with van der Waals surface area (Å²) in [6.45, 7) is 2.09. The topological polar surface area (TPSA) is 48.6 Å². The van der Waals surface area contributed by atoms with E-state index in [1.807, 2.05) is 12.1 Å². The molecular formula is C16H14Br2N2O. The van der Waals surface area contributed by atoms with Gasteiger partial charge in [-0.3, -0.25) is 0 Å². The van der Waals surface area contributed by atoms with Gasteiger partial charge in [0.1, 0.15) is 0 Å². The van der Waals surface area contributed by atoms with Crippen molar-refractivity contribution < 1.29 is 0 Å². The number of benzene rings is 2. The lowest BCUT2D eigenvalue weighted by atomic mass is 10.0. The van der Waals surface area contributed by atoms with Gasteiger partial charge in [0, 0.05) is 9.30 Å². The molecule has 5 heteroatoms. The molecule has 3 aromatic rings. The van der Waals surface area contributed by atoms with Crippen LogP contribution in [0.15, 0.2) is 45.7 Å². The van der Waals surface area contributed by atoms with Gasteiger partial charge in [0.05, 0.1) is 11.0 Å². The predicted octanol–water partition coefficient (Wildman–Crippen LogP) is 4.61. The van der Waals surface area contributed by atoms with Gasteiger partial charge in [-0.25, -0.2) is 4.79 Å². The third kappa shape index (κ3) is 3.14. The fourth-order valence-corrected chi connectivity index (χ4v) is 4.03. The molecule has 0 fully saturated rings. The number of alkyl halides is 1. The summed E-state index contributed by atoms with van der Waals surface area (Å²) < 4.78 is 0.985. The molecule has 1 unspecified atom stereocenters. The molecule has 1 heterocycles. The highest BCUT2D eigenvalue weighted by Gasteiger charge is 2.14. The minimum Gasteiger partial charge on any atom is -0.306 e. The molecule has 0 radical (unpaired) electrons. The molecular weight excluding hydrogens is 396 g/mol. The number of H-pyrrole nitrogens is 2. The van der Waals surface area contributed by atoms with Gasteiger partial charge in [-0.1, -0.05) is 61.7 Å². The summed E-state index contributed by atoms with van der Waals surface area (Å²) >= 11 is 7.34. The molecule has 108 valence electrons. The van der Waals surface area contributed by atoms with Gasteiger partial charge in [0.15, 0.2) is 0 Å². The molecule has 1 aromatic heterocycles. The number of nitrogens with one attached hydrogen (secondary N) is 2. The second-order valence-corrected chi connectivity index (χ2v) is 7.12. The first-order valence-corrected chi connectivity index (χ1v) is 8.35. The van der Waals surface area contributed by atoms with Crippen molar-refractivity contribution in [2.75, 3.05) is 0 Å². The number of hydrogen-bond donors (Lipinski definition) is 2. The summed E-state index contributed by atoms with van der Waals surface area (Å²) in [6, 6.07) is 12.5. The van der Waals surface area contributed by atoms with Crippen LogP contribution in [0.25, 0.3) is 11.0 Å². The van der Waals surface area contributed by atoms with Crippen LogP contribution in [-0.2, 0) is 6.42 Å². The molecule has 0 aliphatic rings. The van der Waals surface area contributed by atoms with Crippen LogP contribution in [0.5, 0.6) is 0 Å². The smallest absolute Gasteiger partial charge is 0.306 e. The van der Waals surface area contributed by atoms with Crippen molar-refractivity contribution in [3.63, 3.8) is 0 Å². The fourth-order valence-electron chi connectivity index (χ4n) is 2.35. The van der Waals surface area contributed by atoms with Crippen LogP contribution in [0.3, 0.4) is 0 Å². The van der Waals surface area contributed by atoms with Crippen molar-refractivity contribution in [1.29, 1.82) is 0 Å². The average Bonchev–Trinajstić information content (AvgIpc) is 2.79. The third-order valence-electron chi connectivity index (χ3n) is 3.51. The third-order valence-corrected chi connectivity index (χ3v) is 5.01. The summed E-state index contributed by atoms with van der Waals surface area (Å²) in [5.74, 6) is 0. The van der Waals surface area contributed by atoms with E-state index < -0.39 is 0 Å². The maximum Gasteiger partial charge on any atom is 0.323 e. The second kappa shape index (κ2) is 5.81. The zero-order chi connectivity index (χ0) is 15.0. The van der Waals surface area contributed by atoms with Gasteiger partial charge in [0.25, 0.3) is 0 Å². The van der Waals surface area contributed by atoms with Crippen LogP contribution in [0, 0.1) is 6.92 Å². The predicted molar refractivity (Wildman–Crippen MR) is 93.2 cm³/mol. The number of halogens is 2. The summed E-state index contributed by atoms with van der Waals surface area (Å²) in [4.78, 5) is 17.1. The first-order valence-electron chi connectivity index (χ1n) is 6.64. The van der Waals surface area contributed by atoms with E-state index in [2.05, 4.69) is 73.0 Å². The van der Waals surface area contributed by atoms with Crippen molar-refractivity contribution in [2.45, 2.75) is 18.2 Å². The lowest BCUT2D eigenvalue weighted by Crippen LogP contribution is -1.99. The number of hydrogen-bond acceptors (Lipinski definition) is 1. The van der Waals surface area contributed by atoms with E-state index in [0.29, 0.717) is 0 Å². The quantitative estimate of drug-likeness (QED) is 0.610. The lowest BCUT2D eigenvalue weighted by Gasteiger charge is -2.13. The molecule has 0 saturated carbocycles. The Balaban J connectivity index is 1.93. The van der Waals surface area contributed by atoms with E-state index in [1.165, 1.54) is 11.1 Å². The number of imidazole rings is 1. The standard InChI is InChI=1S/C16H14Br2N2O/c1-9-2-4-10(5-3-9)6-12(17)11-7-14-15(8-13(11)18)20-16(21)19-14/h2-5,7-8,12H,6H2,1H3,(H2,19,20,21). The van der Waals surface area contributed by atoms with E-state index in [-0.39, 0.29) is 10.5 Å². The Kier molecular flexibility index (Phi) is 4.04. The Hall–Kier alpha value is -1.33. The molecule has 0 amide bonds. The SMILES string of the molecule is Cc1ccc(CC(Br)c2cc3[nH]c(=O)[nH]c3cc2Br)cc1. The van der Waals surface area contributed by atoms with E-state index in [0.717, 1.165) is 27.5 Å². The van der Waals surface area contributed by atoms with Crippen LogP contribution in [0.2, 0.25) is 0 Å². The fraction of sp³-hybridized carbons (Fsp3) is 0.188. The Morgan fingerprint density at radius 3 is 2.38 bits per heavy atom. The molecule has 2 aromatic carbocycles. The highest BCUT2D eigenvalue weighted by molar-refractivity contribution is 9.11. The normalized spacial score (nSPS) is 12.7. The molecule has 1 atom stereocenters. The van der Waals surface area contributed by atoms with Gasteiger partial charge in [-0.2, -0.15) is 0 Å². The van der Waals surface area contributed by atoms with E-state index in [9.17, 15) is 4.79 Å². The zero-order valence-corrected chi connectivity index (χ0v) is 14.6. The van der Waals surface area contributed by atoms with Crippen LogP contribution in [0.4, 0.5) is 0 Å². The summed E-state index contributed by atoms with van der Waals surface area (Å²) in [7, 11) is 0. The van der Waals surface area contributed by atoms with Crippen molar-refractivity contribution in [2.24, 2.45) is 0 Å². The number of aromatic amines is 2. The molecule has 0 saturated heterocycles. The van der Waals surface area contributed by atoms with Gasteiger partial charge in [0.2, 0.25) is 0 Å². The van der Waals surface area contributed by atoms with Gasteiger partial charge in [-0.15, -0.1) is 0 Å². The monoisotopic (exact) mass is 408 g/mol. The number of rotatable bonds is 3. The zero-order valence-electron chi connectivity index (χ0n) is 11.4.